The topological polar surface area (TPSA) is 121 Å². The molecule has 40 heavy (non-hydrogen) atoms. The summed E-state index contributed by atoms with van der Waals surface area (Å²) in [7, 11) is 3.00. The van der Waals surface area contributed by atoms with Crippen molar-refractivity contribution in [2.24, 2.45) is 14.1 Å². The van der Waals surface area contributed by atoms with E-state index in [4.69, 9.17) is 9.47 Å². The summed E-state index contributed by atoms with van der Waals surface area (Å²) >= 11 is 0. The largest absolute Gasteiger partial charge is 0.444 e. The van der Waals surface area contributed by atoms with Gasteiger partial charge in [0.2, 0.25) is 0 Å². The van der Waals surface area contributed by atoms with E-state index in [2.05, 4.69) is 4.98 Å². The summed E-state index contributed by atoms with van der Waals surface area (Å²) in [5.41, 5.74) is -0.235. The molecular formula is C28H38N6O6. The molecule has 1 aliphatic heterocycles. The summed E-state index contributed by atoms with van der Waals surface area (Å²) in [6.45, 7) is 11.7. The molecule has 0 saturated carbocycles. The van der Waals surface area contributed by atoms with Crippen molar-refractivity contribution in [3.05, 3.63) is 57.0 Å². The maximum absolute atomic E-state index is 13.2. The van der Waals surface area contributed by atoms with Crippen molar-refractivity contribution < 1.29 is 19.1 Å². The highest BCUT2D eigenvalue weighted by atomic mass is 16.6. The van der Waals surface area contributed by atoms with Gasteiger partial charge in [0.25, 0.3) is 5.56 Å². The number of benzene rings is 1. The Balaban J connectivity index is 1.74. The first kappa shape index (κ1) is 28.9. The lowest BCUT2D eigenvalue weighted by molar-refractivity contribution is -0.0146. The molecule has 1 aliphatic rings. The average Bonchev–Trinajstić information content (AvgIpc) is 3.29. The van der Waals surface area contributed by atoms with Gasteiger partial charge in [0, 0.05) is 33.7 Å². The zero-order chi connectivity index (χ0) is 29.6. The number of ether oxygens (including phenoxy) is 2. The van der Waals surface area contributed by atoms with Gasteiger partial charge in [-0.25, -0.2) is 19.4 Å². The molecule has 3 heterocycles. The van der Waals surface area contributed by atoms with E-state index in [0.717, 1.165) is 10.1 Å². The zero-order valence-electron chi connectivity index (χ0n) is 24.4. The smallest absolute Gasteiger partial charge is 0.410 e. The number of rotatable bonds is 3. The summed E-state index contributed by atoms with van der Waals surface area (Å²) in [4.78, 5) is 59.4. The van der Waals surface area contributed by atoms with Crippen molar-refractivity contribution in [1.82, 2.24) is 28.5 Å². The van der Waals surface area contributed by atoms with E-state index in [1.165, 1.54) is 17.9 Å². The Hall–Kier alpha value is -4.09. The molecule has 1 atom stereocenters. The van der Waals surface area contributed by atoms with E-state index in [1.54, 1.807) is 21.4 Å². The highest BCUT2D eigenvalue weighted by Gasteiger charge is 2.37. The maximum Gasteiger partial charge on any atom is 0.410 e. The molecule has 0 aliphatic carbocycles. The number of fused-ring (bicyclic) bond motifs is 1. The van der Waals surface area contributed by atoms with Crippen molar-refractivity contribution >= 4 is 23.4 Å². The fourth-order valence-corrected chi connectivity index (χ4v) is 4.78. The molecule has 1 aromatic carbocycles. The molecule has 216 valence electrons. The molecule has 2 aromatic heterocycles. The molecule has 3 aromatic rings. The minimum atomic E-state index is -0.687. The van der Waals surface area contributed by atoms with Crippen LogP contribution in [-0.4, -0.2) is 77.5 Å². The van der Waals surface area contributed by atoms with E-state index in [-0.39, 0.29) is 24.3 Å². The lowest BCUT2D eigenvalue weighted by atomic mass is 10.0. The highest BCUT2D eigenvalue weighted by Crippen LogP contribution is 2.25. The quantitative estimate of drug-likeness (QED) is 0.488. The second-order valence-corrected chi connectivity index (χ2v) is 12.1. The third kappa shape index (κ3) is 5.90. The molecule has 1 fully saturated rings. The monoisotopic (exact) mass is 554 g/mol. The Morgan fingerprint density at radius 1 is 0.925 bits per heavy atom. The maximum atomic E-state index is 13.2. The van der Waals surface area contributed by atoms with E-state index >= 15 is 0 Å². The molecule has 0 radical (unpaired) electrons. The molecule has 1 saturated heterocycles. The van der Waals surface area contributed by atoms with Crippen molar-refractivity contribution in [3.8, 4) is 5.69 Å². The number of carbonyl (C=O) groups is 2. The van der Waals surface area contributed by atoms with Gasteiger partial charge >= 0.3 is 17.9 Å². The van der Waals surface area contributed by atoms with Gasteiger partial charge in [0.15, 0.2) is 11.2 Å². The number of amides is 2. The molecule has 0 spiro atoms. The van der Waals surface area contributed by atoms with Gasteiger partial charge in [-0.1, -0.05) is 18.2 Å². The standard InChI is InChI=1S/C28H38N6O6/c1-27(2,3)39-25(37)32-13-14-33(26(38)40-28(4,5)6)19(16-32)15-18-11-9-10-12-20(18)34-17-29-22-21(34)23(35)31(8)24(36)30(22)7/h9-12,17,19H,13-16H2,1-8H3. The van der Waals surface area contributed by atoms with E-state index in [9.17, 15) is 19.2 Å². The van der Waals surface area contributed by atoms with Gasteiger partial charge in [-0.2, -0.15) is 0 Å². The third-order valence-electron chi connectivity index (χ3n) is 6.62. The number of imidazole rings is 1. The van der Waals surface area contributed by atoms with Gasteiger partial charge < -0.3 is 19.3 Å². The predicted molar refractivity (Wildman–Crippen MR) is 150 cm³/mol. The Labute approximate surface area is 232 Å². The molecule has 12 heteroatoms. The lowest BCUT2D eigenvalue weighted by Gasteiger charge is -2.42. The Morgan fingerprint density at radius 2 is 1.55 bits per heavy atom. The molecule has 0 N–H and O–H groups in total. The van der Waals surface area contributed by atoms with Crippen LogP contribution in [0.25, 0.3) is 16.9 Å². The zero-order valence-corrected chi connectivity index (χ0v) is 24.4. The minimum absolute atomic E-state index is 0.240. The third-order valence-corrected chi connectivity index (χ3v) is 6.62. The van der Waals surface area contributed by atoms with Gasteiger partial charge in [0.05, 0.1) is 11.7 Å². The first-order valence-corrected chi connectivity index (χ1v) is 13.3. The van der Waals surface area contributed by atoms with Crippen LogP contribution in [0.2, 0.25) is 0 Å². The van der Waals surface area contributed by atoms with Crippen molar-refractivity contribution in [1.29, 1.82) is 0 Å². The predicted octanol–water partition coefficient (Wildman–Crippen LogP) is 2.82. The number of aromatic nitrogens is 4. The van der Waals surface area contributed by atoms with Crippen LogP contribution in [0.5, 0.6) is 0 Å². The number of nitrogens with zero attached hydrogens (tertiary/aromatic N) is 6. The van der Waals surface area contributed by atoms with Crippen LogP contribution >= 0.6 is 0 Å². The first-order valence-electron chi connectivity index (χ1n) is 13.3. The second-order valence-electron chi connectivity index (χ2n) is 12.1. The lowest BCUT2D eigenvalue weighted by Crippen LogP contribution is -2.58. The van der Waals surface area contributed by atoms with E-state index < -0.39 is 40.7 Å². The first-order chi connectivity index (χ1) is 18.6. The minimum Gasteiger partial charge on any atom is -0.444 e. The van der Waals surface area contributed by atoms with Gasteiger partial charge in [-0.15, -0.1) is 0 Å². The second kappa shape index (κ2) is 10.5. The van der Waals surface area contributed by atoms with Gasteiger partial charge in [-0.05, 0) is 59.6 Å². The van der Waals surface area contributed by atoms with E-state index in [0.29, 0.717) is 18.7 Å². The number of hydrogen-bond acceptors (Lipinski definition) is 7. The summed E-state index contributed by atoms with van der Waals surface area (Å²) in [5, 5.41) is 0. The molecule has 1 unspecified atom stereocenters. The fourth-order valence-electron chi connectivity index (χ4n) is 4.78. The average molecular weight is 555 g/mol. The molecule has 12 nitrogen and oxygen atoms in total. The number of para-hydroxylation sites is 1. The normalized spacial score (nSPS) is 16.4. The fraction of sp³-hybridized carbons (Fsp3) is 0.536. The highest BCUT2D eigenvalue weighted by molar-refractivity contribution is 5.74. The SMILES string of the molecule is Cn1c(=O)c2c(ncn2-c2ccccc2CC2CN(C(=O)OC(C)(C)C)CCN2C(=O)OC(C)(C)C)n(C)c1=O. The number of aryl methyl sites for hydroxylation is 1. The number of carbonyl (C=O) groups excluding carboxylic acids is 2. The molecule has 0 bridgehead atoms. The van der Waals surface area contributed by atoms with Crippen molar-refractivity contribution in [2.75, 3.05) is 19.6 Å². The Bertz CT molecular complexity index is 1550. The number of hydrogen-bond donors (Lipinski definition) is 0. The molecule has 4 rings (SSSR count). The summed E-state index contributed by atoms with van der Waals surface area (Å²) in [6.07, 6.45) is 0.972. The van der Waals surface area contributed by atoms with Crippen LogP contribution in [0, 0.1) is 0 Å². The van der Waals surface area contributed by atoms with Gasteiger partial charge in [0.1, 0.15) is 17.5 Å². The van der Waals surface area contributed by atoms with Crippen LogP contribution in [0.15, 0.2) is 40.2 Å². The van der Waals surface area contributed by atoms with Crippen LogP contribution in [0.3, 0.4) is 0 Å². The van der Waals surface area contributed by atoms with Gasteiger partial charge in [-0.3, -0.25) is 18.5 Å². The van der Waals surface area contributed by atoms with Crippen molar-refractivity contribution in [3.63, 3.8) is 0 Å². The van der Waals surface area contributed by atoms with E-state index in [1.807, 2.05) is 65.8 Å². The summed E-state index contributed by atoms with van der Waals surface area (Å²) in [5.74, 6) is 0. The van der Waals surface area contributed by atoms with Crippen LogP contribution in [-0.2, 0) is 30.0 Å². The Kier molecular flexibility index (Phi) is 7.57. The number of piperazine rings is 1. The summed E-state index contributed by atoms with van der Waals surface area (Å²) < 4.78 is 15.3. The van der Waals surface area contributed by atoms with Crippen molar-refractivity contribution in [2.45, 2.75) is 65.2 Å². The van der Waals surface area contributed by atoms with Crippen LogP contribution < -0.4 is 11.2 Å². The van der Waals surface area contributed by atoms with Crippen LogP contribution in [0.1, 0.15) is 47.1 Å². The molecular weight excluding hydrogens is 516 g/mol. The Morgan fingerprint density at radius 3 is 2.20 bits per heavy atom. The summed E-state index contributed by atoms with van der Waals surface area (Å²) in [6, 6.07) is 7.05. The van der Waals surface area contributed by atoms with Crippen LogP contribution in [0.4, 0.5) is 9.59 Å². The molecule has 2 amide bonds.